The van der Waals surface area contributed by atoms with Crippen molar-refractivity contribution in [1.29, 1.82) is 0 Å². The molecule has 4 fully saturated rings. The molecule has 0 amide bonds. The topological polar surface area (TPSA) is 87.0 Å². The van der Waals surface area contributed by atoms with Gasteiger partial charge in [0.25, 0.3) is 0 Å². The molecule has 0 aromatic heterocycles. The summed E-state index contributed by atoms with van der Waals surface area (Å²) in [5.74, 6) is 2.13. The van der Waals surface area contributed by atoms with Crippen molar-refractivity contribution in [2.75, 3.05) is 52.9 Å². The van der Waals surface area contributed by atoms with E-state index < -0.39 is 5.41 Å². The SMILES string of the molecule is c1ccc(C(c2ccccc2)(c2ccccc2)c2cc(OCC3CO3)c(OCC3CO3)c(OCC3CO3)c2OCC2CO2)cc1. The van der Waals surface area contributed by atoms with Gasteiger partial charge in [0.05, 0.1) is 31.8 Å². The predicted molar refractivity (Wildman–Crippen MR) is 166 cm³/mol. The van der Waals surface area contributed by atoms with Crippen molar-refractivity contribution in [3.05, 3.63) is 119 Å². The monoisotopic (exact) mass is 608 g/mol. The Kier molecular flexibility index (Phi) is 7.81. The maximum Gasteiger partial charge on any atom is 0.208 e. The van der Waals surface area contributed by atoms with Crippen LogP contribution in [0.1, 0.15) is 22.3 Å². The van der Waals surface area contributed by atoms with Crippen LogP contribution in [-0.2, 0) is 24.4 Å². The smallest absolute Gasteiger partial charge is 0.208 e. The number of hydrogen-bond acceptors (Lipinski definition) is 8. The van der Waals surface area contributed by atoms with Crippen LogP contribution in [0.25, 0.3) is 0 Å². The Morgan fingerprint density at radius 1 is 0.467 bits per heavy atom. The number of epoxide rings is 4. The summed E-state index contributed by atoms with van der Waals surface area (Å²) in [4.78, 5) is 0. The van der Waals surface area contributed by atoms with E-state index in [1.165, 1.54) is 0 Å². The minimum Gasteiger partial charge on any atom is -0.487 e. The number of hydrogen-bond donors (Lipinski definition) is 0. The van der Waals surface area contributed by atoms with Gasteiger partial charge in [-0.1, -0.05) is 91.0 Å². The molecule has 4 aromatic rings. The molecule has 0 saturated carbocycles. The molecule has 4 atom stereocenters. The molecule has 4 aliphatic rings. The summed E-state index contributed by atoms with van der Waals surface area (Å²) in [6.07, 6.45) is 0.107. The predicted octanol–water partition coefficient (Wildman–Crippen LogP) is 5.18. The van der Waals surface area contributed by atoms with Crippen molar-refractivity contribution in [2.45, 2.75) is 29.8 Å². The van der Waals surface area contributed by atoms with Gasteiger partial charge in [0, 0.05) is 5.56 Å². The zero-order valence-electron chi connectivity index (χ0n) is 25.0. The molecule has 8 rings (SSSR count). The summed E-state index contributed by atoms with van der Waals surface area (Å²) in [5.41, 5.74) is 3.28. The minimum atomic E-state index is -0.815. The lowest BCUT2D eigenvalue weighted by Crippen LogP contribution is -2.32. The largest absolute Gasteiger partial charge is 0.487 e. The van der Waals surface area contributed by atoms with Crippen LogP contribution in [0.2, 0.25) is 0 Å². The molecule has 0 spiro atoms. The third-order valence-electron chi connectivity index (χ3n) is 8.46. The van der Waals surface area contributed by atoms with Gasteiger partial charge in [-0.2, -0.15) is 0 Å². The summed E-state index contributed by atoms with van der Waals surface area (Å²) in [5, 5.41) is 0. The van der Waals surface area contributed by atoms with E-state index in [1.54, 1.807) is 0 Å². The number of rotatable bonds is 16. The van der Waals surface area contributed by atoms with Gasteiger partial charge in [-0.15, -0.1) is 0 Å². The minimum absolute atomic E-state index is 0.0132. The molecule has 8 nitrogen and oxygen atoms in total. The van der Waals surface area contributed by atoms with Gasteiger partial charge in [-0.05, 0) is 22.8 Å². The van der Waals surface area contributed by atoms with Crippen LogP contribution in [0, 0.1) is 0 Å². The zero-order valence-corrected chi connectivity index (χ0v) is 25.0. The van der Waals surface area contributed by atoms with Crippen LogP contribution in [0.5, 0.6) is 23.0 Å². The first-order valence-electron chi connectivity index (χ1n) is 15.6. The van der Waals surface area contributed by atoms with Crippen molar-refractivity contribution in [3.63, 3.8) is 0 Å². The van der Waals surface area contributed by atoms with Gasteiger partial charge in [0.2, 0.25) is 11.5 Å². The molecule has 0 bridgehead atoms. The molecule has 4 saturated heterocycles. The van der Waals surface area contributed by atoms with Crippen LogP contribution in [0.15, 0.2) is 97.1 Å². The molecule has 0 aliphatic carbocycles. The summed E-state index contributed by atoms with van der Waals surface area (Å²) >= 11 is 0. The molecule has 45 heavy (non-hydrogen) atoms. The van der Waals surface area contributed by atoms with E-state index in [1.807, 2.05) is 18.2 Å². The van der Waals surface area contributed by atoms with Crippen molar-refractivity contribution < 1.29 is 37.9 Å². The van der Waals surface area contributed by atoms with E-state index in [4.69, 9.17) is 37.9 Å². The van der Waals surface area contributed by atoms with Crippen LogP contribution in [0.3, 0.4) is 0 Å². The third kappa shape index (κ3) is 6.24. The maximum atomic E-state index is 6.79. The van der Waals surface area contributed by atoms with E-state index in [0.717, 1.165) is 22.3 Å². The Morgan fingerprint density at radius 3 is 1.22 bits per heavy atom. The summed E-state index contributed by atoms with van der Waals surface area (Å²) in [6.45, 7) is 4.15. The number of benzene rings is 4. The molecule has 0 radical (unpaired) electrons. The van der Waals surface area contributed by atoms with E-state index in [-0.39, 0.29) is 24.4 Å². The highest BCUT2D eigenvalue weighted by Crippen LogP contribution is 2.56. The molecular formula is C37H36O8. The average Bonchev–Trinajstić information content (AvgIpc) is 3.89. The van der Waals surface area contributed by atoms with Crippen molar-refractivity contribution in [1.82, 2.24) is 0 Å². The highest BCUT2D eigenvalue weighted by atomic mass is 16.6. The van der Waals surface area contributed by atoms with Crippen LogP contribution in [-0.4, -0.2) is 77.3 Å². The van der Waals surface area contributed by atoms with Crippen molar-refractivity contribution >= 4 is 0 Å². The fraction of sp³-hybridized carbons (Fsp3) is 0.351. The Hall–Kier alpha value is -4.08. The summed E-state index contributed by atoms with van der Waals surface area (Å²) in [6, 6.07) is 33.6. The average molecular weight is 609 g/mol. The van der Waals surface area contributed by atoms with Crippen molar-refractivity contribution in [2.24, 2.45) is 0 Å². The van der Waals surface area contributed by atoms with Crippen LogP contribution >= 0.6 is 0 Å². The van der Waals surface area contributed by atoms with Gasteiger partial charge in [0.15, 0.2) is 11.5 Å². The lowest BCUT2D eigenvalue weighted by molar-refractivity contribution is 0.194. The van der Waals surface area contributed by atoms with Crippen LogP contribution in [0.4, 0.5) is 0 Å². The van der Waals surface area contributed by atoms with E-state index in [0.29, 0.717) is 75.9 Å². The summed E-state index contributed by atoms with van der Waals surface area (Å²) < 4.78 is 48.6. The lowest BCUT2D eigenvalue weighted by atomic mass is 9.64. The quantitative estimate of drug-likeness (QED) is 0.127. The molecule has 4 unspecified atom stereocenters. The summed E-state index contributed by atoms with van der Waals surface area (Å²) in [7, 11) is 0. The van der Waals surface area contributed by atoms with Gasteiger partial charge < -0.3 is 37.9 Å². The second-order valence-electron chi connectivity index (χ2n) is 11.8. The molecule has 4 aliphatic heterocycles. The Bertz CT molecular complexity index is 1480. The van der Waals surface area contributed by atoms with Gasteiger partial charge in [-0.25, -0.2) is 0 Å². The fourth-order valence-electron chi connectivity index (χ4n) is 5.80. The molecular weight excluding hydrogens is 572 g/mol. The Morgan fingerprint density at radius 2 is 0.822 bits per heavy atom. The third-order valence-corrected chi connectivity index (χ3v) is 8.46. The van der Waals surface area contributed by atoms with E-state index in [9.17, 15) is 0 Å². The Labute approximate surface area is 262 Å². The second kappa shape index (κ2) is 12.4. The van der Waals surface area contributed by atoms with Gasteiger partial charge in [0.1, 0.15) is 50.8 Å². The number of ether oxygens (including phenoxy) is 8. The van der Waals surface area contributed by atoms with E-state index >= 15 is 0 Å². The normalized spacial score (nSPS) is 22.8. The first-order chi connectivity index (χ1) is 22.3. The molecule has 8 heteroatoms. The van der Waals surface area contributed by atoms with E-state index in [2.05, 4.69) is 78.9 Å². The van der Waals surface area contributed by atoms with Gasteiger partial charge in [-0.3, -0.25) is 0 Å². The highest BCUT2D eigenvalue weighted by molar-refractivity contribution is 5.71. The highest BCUT2D eigenvalue weighted by Gasteiger charge is 2.44. The van der Waals surface area contributed by atoms with Crippen LogP contribution < -0.4 is 18.9 Å². The molecule has 232 valence electrons. The Balaban J connectivity index is 1.41. The standard InChI is InChI=1S/C37H36O8/c1-4-10-25(11-5-1)37(26-12-6-2-7-13-26,27-14-8-3-9-15-27)32-16-33(42-21-28-17-38-28)35(44-23-30-19-40-30)36(45-24-31-20-41-31)34(32)43-22-29-18-39-29/h1-16,28-31H,17-24H2. The zero-order chi connectivity index (χ0) is 30.1. The second-order valence-corrected chi connectivity index (χ2v) is 11.8. The van der Waals surface area contributed by atoms with Gasteiger partial charge >= 0.3 is 0 Å². The first-order valence-corrected chi connectivity index (χ1v) is 15.6. The first kappa shape index (κ1) is 28.4. The van der Waals surface area contributed by atoms with Crippen molar-refractivity contribution in [3.8, 4) is 23.0 Å². The lowest BCUT2D eigenvalue weighted by Gasteiger charge is -2.38. The maximum absolute atomic E-state index is 6.79. The molecule has 0 N–H and O–H groups in total. The fourth-order valence-corrected chi connectivity index (χ4v) is 5.80. The molecule has 4 heterocycles. The molecule has 4 aromatic carbocycles.